The van der Waals surface area contributed by atoms with Crippen molar-refractivity contribution in [1.82, 2.24) is 14.8 Å². The van der Waals surface area contributed by atoms with E-state index in [2.05, 4.69) is 11.5 Å². The predicted octanol–water partition coefficient (Wildman–Crippen LogP) is 5.91. The number of nitrogens with zero attached hydrogens (tertiary/aromatic N) is 3. The SMILES string of the molecule is CCCCCC12CCC(c3nnc4n3C3CC5CC4CC5C3)(CC1)CC2. The number of rotatable bonds is 5. The summed E-state index contributed by atoms with van der Waals surface area (Å²) < 4.78 is 2.73. The Morgan fingerprint density at radius 2 is 1.58 bits per heavy atom. The van der Waals surface area contributed by atoms with Crippen LogP contribution in [0.25, 0.3) is 0 Å². The maximum atomic E-state index is 4.93. The zero-order chi connectivity index (χ0) is 17.4. The second kappa shape index (κ2) is 5.58. The van der Waals surface area contributed by atoms with E-state index in [1.165, 1.54) is 102 Å². The fourth-order valence-corrected chi connectivity index (χ4v) is 8.03. The van der Waals surface area contributed by atoms with Gasteiger partial charge in [0.15, 0.2) is 0 Å². The quantitative estimate of drug-likeness (QED) is 0.616. The molecule has 0 spiro atoms. The van der Waals surface area contributed by atoms with Crippen LogP contribution in [0, 0.1) is 17.3 Å². The molecule has 3 heteroatoms. The molecule has 0 radical (unpaired) electrons. The molecule has 8 rings (SSSR count). The Morgan fingerprint density at radius 3 is 2.23 bits per heavy atom. The molecular weight excluding hydrogens is 318 g/mol. The monoisotopic (exact) mass is 353 g/mol. The highest BCUT2D eigenvalue weighted by atomic mass is 15.3. The Bertz CT molecular complexity index is 666. The third-order valence-electron chi connectivity index (χ3n) is 9.63. The molecule has 0 aromatic carbocycles. The van der Waals surface area contributed by atoms with Gasteiger partial charge in [-0.3, -0.25) is 0 Å². The van der Waals surface area contributed by atoms with Crippen LogP contribution in [0.1, 0.15) is 120 Å². The Kier molecular flexibility index (Phi) is 3.46. The van der Waals surface area contributed by atoms with Crippen molar-refractivity contribution in [3.8, 4) is 0 Å². The zero-order valence-electron chi connectivity index (χ0n) is 16.6. The molecule has 0 amide bonds. The van der Waals surface area contributed by atoms with Gasteiger partial charge in [-0.25, -0.2) is 0 Å². The van der Waals surface area contributed by atoms with E-state index in [4.69, 9.17) is 10.2 Å². The Labute approximate surface area is 158 Å². The molecule has 3 nitrogen and oxygen atoms in total. The van der Waals surface area contributed by atoms with Gasteiger partial charge >= 0.3 is 0 Å². The average molecular weight is 354 g/mol. The van der Waals surface area contributed by atoms with Gasteiger partial charge < -0.3 is 4.57 Å². The highest BCUT2D eigenvalue weighted by Gasteiger charge is 2.54. The largest absolute Gasteiger partial charge is 0.311 e. The summed E-state index contributed by atoms with van der Waals surface area (Å²) in [4.78, 5) is 0. The van der Waals surface area contributed by atoms with Crippen LogP contribution in [-0.2, 0) is 5.41 Å². The molecule has 6 bridgehead atoms. The fourth-order valence-electron chi connectivity index (χ4n) is 8.03. The summed E-state index contributed by atoms with van der Waals surface area (Å²) in [6.45, 7) is 2.33. The van der Waals surface area contributed by atoms with Gasteiger partial charge in [0.2, 0.25) is 0 Å². The molecule has 7 aliphatic rings. The van der Waals surface area contributed by atoms with Crippen LogP contribution in [-0.4, -0.2) is 14.8 Å². The minimum Gasteiger partial charge on any atom is -0.311 e. The molecule has 0 saturated heterocycles. The van der Waals surface area contributed by atoms with Crippen molar-refractivity contribution < 1.29 is 0 Å². The van der Waals surface area contributed by atoms with Gasteiger partial charge in [0, 0.05) is 17.4 Å². The van der Waals surface area contributed by atoms with Crippen molar-refractivity contribution in [3.63, 3.8) is 0 Å². The first-order valence-electron chi connectivity index (χ1n) is 11.7. The first kappa shape index (κ1) is 16.1. The lowest BCUT2D eigenvalue weighted by molar-refractivity contribution is 0.0238. The van der Waals surface area contributed by atoms with E-state index >= 15 is 0 Å². The van der Waals surface area contributed by atoms with Crippen molar-refractivity contribution >= 4 is 0 Å². The van der Waals surface area contributed by atoms with E-state index in [0.29, 0.717) is 10.8 Å². The Morgan fingerprint density at radius 1 is 0.885 bits per heavy atom. The van der Waals surface area contributed by atoms with Gasteiger partial charge in [-0.15, -0.1) is 10.2 Å². The molecular formula is C23H35N3. The second-order valence-electron chi connectivity index (χ2n) is 10.8. The predicted molar refractivity (Wildman–Crippen MR) is 103 cm³/mol. The molecule has 2 unspecified atom stereocenters. The Balaban J connectivity index is 1.29. The van der Waals surface area contributed by atoms with Crippen LogP contribution < -0.4 is 0 Å². The highest BCUT2D eigenvalue weighted by molar-refractivity contribution is 5.23. The summed E-state index contributed by atoms with van der Waals surface area (Å²) in [5.74, 6) is 5.57. The Hall–Kier alpha value is -0.860. The molecule has 2 atom stereocenters. The van der Waals surface area contributed by atoms with Crippen LogP contribution in [0.15, 0.2) is 0 Å². The van der Waals surface area contributed by atoms with E-state index in [0.717, 1.165) is 23.8 Å². The lowest BCUT2D eigenvalue weighted by Gasteiger charge is -2.53. The molecule has 142 valence electrons. The summed E-state index contributed by atoms with van der Waals surface area (Å²) in [5.41, 5.74) is 1.07. The van der Waals surface area contributed by atoms with Gasteiger partial charge in [0.1, 0.15) is 11.6 Å². The van der Waals surface area contributed by atoms with E-state index in [9.17, 15) is 0 Å². The van der Waals surface area contributed by atoms with E-state index in [1.807, 2.05) is 0 Å². The van der Waals surface area contributed by atoms with Crippen molar-refractivity contribution in [2.24, 2.45) is 17.3 Å². The molecule has 3 heterocycles. The number of hydrogen-bond donors (Lipinski definition) is 0. The summed E-state index contributed by atoms with van der Waals surface area (Å²) in [7, 11) is 0. The van der Waals surface area contributed by atoms with Crippen LogP contribution in [0.5, 0.6) is 0 Å². The van der Waals surface area contributed by atoms with Crippen molar-refractivity contribution in [2.45, 2.75) is 114 Å². The smallest absolute Gasteiger partial charge is 0.139 e. The number of fused-ring (bicyclic) bond motifs is 3. The van der Waals surface area contributed by atoms with E-state index in [1.54, 1.807) is 0 Å². The van der Waals surface area contributed by atoms with Gasteiger partial charge in [0.05, 0.1) is 0 Å². The maximum Gasteiger partial charge on any atom is 0.139 e. The summed E-state index contributed by atoms with van der Waals surface area (Å²) in [6.07, 6.45) is 19.9. The van der Waals surface area contributed by atoms with Crippen LogP contribution in [0.4, 0.5) is 0 Å². The molecule has 5 fully saturated rings. The number of aromatic nitrogens is 3. The van der Waals surface area contributed by atoms with Crippen LogP contribution in [0.3, 0.4) is 0 Å². The highest BCUT2D eigenvalue weighted by Crippen LogP contribution is 2.62. The molecule has 1 aromatic rings. The van der Waals surface area contributed by atoms with Crippen molar-refractivity contribution in [2.75, 3.05) is 0 Å². The summed E-state index contributed by atoms with van der Waals surface area (Å²) in [5, 5.41) is 9.78. The van der Waals surface area contributed by atoms with Gasteiger partial charge in [-0.05, 0) is 87.9 Å². The van der Waals surface area contributed by atoms with E-state index < -0.39 is 0 Å². The average Bonchev–Trinajstić information content (AvgIpc) is 3.30. The summed E-state index contributed by atoms with van der Waals surface area (Å²) in [6, 6.07) is 0.741. The van der Waals surface area contributed by atoms with Gasteiger partial charge in [-0.1, -0.05) is 26.2 Å². The third kappa shape index (κ3) is 2.12. The molecule has 5 saturated carbocycles. The normalized spacial score (nSPS) is 45.3. The number of hydrogen-bond acceptors (Lipinski definition) is 2. The second-order valence-corrected chi connectivity index (χ2v) is 10.8. The van der Waals surface area contributed by atoms with Gasteiger partial charge in [-0.2, -0.15) is 0 Å². The topological polar surface area (TPSA) is 30.7 Å². The standard InChI is InChI=1S/C23H35N3/c1-2-3-4-5-22-6-9-23(10-7-22,11-8-22)21-25-24-20-18-12-16-14-19(26(20)21)15-17(16)13-18/h16-19H,2-15H2,1H3. The fraction of sp³-hybridized carbons (Fsp3) is 0.913. The summed E-state index contributed by atoms with van der Waals surface area (Å²) >= 11 is 0. The molecule has 1 aromatic heterocycles. The maximum absolute atomic E-state index is 4.93. The first-order chi connectivity index (χ1) is 12.7. The first-order valence-corrected chi connectivity index (χ1v) is 11.7. The molecule has 5 aliphatic carbocycles. The van der Waals surface area contributed by atoms with Crippen LogP contribution >= 0.6 is 0 Å². The lowest BCUT2D eigenvalue weighted by atomic mass is 9.52. The molecule has 2 aliphatic heterocycles. The van der Waals surface area contributed by atoms with Crippen molar-refractivity contribution in [3.05, 3.63) is 11.6 Å². The molecule has 0 N–H and O–H groups in total. The lowest BCUT2D eigenvalue weighted by Crippen LogP contribution is -2.45. The number of unbranched alkanes of at least 4 members (excludes halogenated alkanes) is 2. The minimum absolute atomic E-state index is 0.380. The van der Waals surface area contributed by atoms with Gasteiger partial charge in [0.25, 0.3) is 0 Å². The zero-order valence-corrected chi connectivity index (χ0v) is 16.6. The van der Waals surface area contributed by atoms with Crippen molar-refractivity contribution in [1.29, 1.82) is 0 Å². The molecule has 26 heavy (non-hydrogen) atoms. The minimum atomic E-state index is 0.380. The van der Waals surface area contributed by atoms with Crippen LogP contribution in [0.2, 0.25) is 0 Å². The van der Waals surface area contributed by atoms with E-state index in [-0.39, 0.29) is 0 Å². The third-order valence-corrected chi connectivity index (χ3v) is 9.63.